The number of esters is 1. The van der Waals surface area contributed by atoms with Gasteiger partial charge in [0.25, 0.3) is 15.6 Å². The third kappa shape index (κ3) is 4.54. The Kier molecular flexibility index (Phi) is 6.73. The molecular formula is C28H25N3O6S. The Morgan fingerprint density at radius 1 is 1.05 bits per heavy atom. The third-order valence-corrected chi connectivity index (χ3v) is 8.18. The van der Waals surface area contributed by atoms with Crippen LogP contribution in [0, 0.1) is 0 Å². The zero-order chi connectivity index (χ0) is 26.9. The minimum Gasteiger partial charge on any atom is -0.463 e. The number of aryl methyl sites for hydroxylation is 1. The number of hydrogen-bond donors (Lipinski definition) is 1. The number of para-hydroxylation sites is 1. The summed E-state index contributed by atoms with van der Waals surface area (Å²) in [7, 11) is -3.96. The van der Waals surface area contributed by atoms with Crippen LogP contribution in [-0.2, 0) is 26.0 Å². The van der Waals surface area contributed by atoms with E-state index in [1.807, 2.05) is 12.1 Å². The number of anilines is 1. The molecule has 0 radical (unpaired) electrons. The van der Waals surface area contributed by atoms with Crippen molar-refractivity contribution in [2.45, 2.75) is 24.7 Å². The SMILES string of the molecule is CCOC(=O)/C=C/c1cccc2[nH]c(=O)n(-c3cccc(S(=O)(=O)N4CCCc5ccccc54)c3)c(=O)c12. The Morgan fingerprint density at radius 3 is 2.66 bits per heavy atom. The monoisotopic (exact) mass is 531 g/mol. The molecule has 5 rings (SSSR count). The van der Waals surface area contributed by atoms with E-state index in [0.717, 1.165) is 16.6 Å². The molecule has 194 valence electrons. The average molecular weight is 532 g/mol. The molecule has 0 fully saturated rings. The lowest BCUT2D eigenvalue weighted by atomic mass is 10.0. The molecule has 0 bridgehead atoms. The number of aromatic nitrogens is 2. The Balaban J connectivity index is 1.62. The maximum Gasteiger partial charge on any atom is 0.333 e. The minimum absolute atomic E-state index is 0.0337. The molecular weight excluding hydrogens is 506 g/mol. The second-order valence-corrected chi connectivity index (χ2v) is 10.6. The van der Waals surface area contributed by atoms with Gasteiger partial charge in [0.2, 0.25) is 0 Å². The van der Waals surface area contributed by atoms with E-state index in [9.17, 15) is 22.8 Å². The summed E-state index contributed by atoms with van der Waals surface area (Å²) in [4.78, 5) is 41.1. The summed E-state index contributed by atoms with van der Waals surface area (Å²) < 4.78 is 34.5. The number of fused-ring (bicyclic) bond motifs is 2. The van der Waals surface area contributed by atoms with Gasteiger partial charge in [-0.25, -0.2) is 22.6 Å². The van der Waals surface area contributed by atoms with Crippen molar-refractivity contribution in [1.29, 1.82) is 0 Å². The molecule has 1 aliphatic heterocycles. The van der Waals surface area contributed by atoms with Crippen molar-refractivity contribution in [3.05, 3.63) is 105 Å². The van der Waals surface area contributed by atoms with E-state index in [1.54, 1.807) is 37.3 Å². The number of H-pyrrole nitrogens is 1. The normalized spacial score (nSPS) is 13.6. The minimum atomic E-state index is -3.96. The van der Waals surface area contributed by atoms with Gasteiger partial charge in [-0.15, -0.1) is 0 Å². The van der Waals surface area contributed by atoms with Crippen molar-refractivity contribution in [3.63, 3.8) is 0 Å². The molecule has 0 saturated carbocycles. The van der Waals surface area contributed by atoms with Crippen molar-refractivity contribution in [3.8, 4) is 5.69 Å². The summed E-state index contributed by atoms with van der Waals surface area (Å²) in [6.07, 6.45) is 4.12. The van der Waals surface area contributed by atoms with Crippen LogP contribution < -0.4 is 15.6 Å². The second kappa shape index (κ2) is 10.1. The molecule has 0 amide bonds. The average Bonchev–Trinajstić information content (AvgIpc) is 2.91. The lowest BCUT2D eigenvalue weighted by Gasteiger charge is -2.30. The number of carbonyl (C=O) groups excluding carboxylic acids is 1. The first-order valence-electron chi connectivity index (χ1n) is 12.1. The molecule has 0 saturated heterocycles. The van der Waals surface area contributed by atoms with Gasteiger partial charge in [-0.2, -0.15) is 0 Å². The van der Waals surface area contributed by atoms with Gasteiger partial charge in [0.15, 0.2) is 0 Å². The van der Waals surface area contributed by atoms with Gasteiger partial charge in [-0.3, -0.25) is 9.10 Å². The van der Waals surface area contributed by atoms with Gasteiger partial charge < -0.3 is 9.72 Å². The molecule has 9 nitrogen and oxygen atoms in total. The Labute approximate surface area is 218 Å². The second-order valence-electron chi connectivity index (χ2n) is 8.73. The van der Waals surface area contributed by atoms with Crippen LogP contribution in [-0.4, -0.2) is 37.1 Å². The Hall–Kier alpha value is -4.44. The largest absolute Gasteiger partial charge is 0.463 e. The maximum absolute atomic E-state index is 13.7. The topological polar surface area (TPSA) is 119 Å². The van der Waals surface area contributed by atoms with Crippen molar-refractivity contribution in [2.24, 2.45) is 0 Å². The fourth-order valence-electron chi connectivity index (χ4n) is 4.67. The molecule has 0 atom stereocenters. The van der Waals surface area contributed by atoms with Crippen molar-refractivity contribution >= 4 is 38.7 Å². The summed E-state index contributed by atoms with van der Waals surface area (Å²) in [5, 5.41) is 0.172. The number of hydrogen-bond acceptors (Lipinski definition) is 6. The van der Waals surface area contributed by atoms with Crippen LogP contribution in [0.5, 0.6) is 0 Å². The van der Waals surface area contributed by atoms with Crippen molar-refractivity contribution < 1.29 is 17.9 Å². The van der Waals surface area contributed by atoms with Gasteiger partial charge in [-0.1, -0.05) is 36.4 Å². The van der Waals surface area contributed by atoms with Crippen molar-refractivity contribution in [2.75, 3.05) is 17.5 Å². The summed E-state index contributed by atoms with van der Waals surface area (Å²) in [6.45, 7) is 2.22. The summed E-state index contributed by atoms with van der Waals surface area (Å²) in [5.74, 6) is -0.563. The van der Waals surface area contributed by atoms with E-state index >= 15 is 0 Å². The molecule has 4 aromatic rings. The molecule has 38 heavy (non-hydrogen) atoms. The van der Waals surface area contributed by atoms with Gasteiger partial charge >= 0.3 is 11.7 Å². The number of carbonyl (C=O) groups is 1. The quantitative estimate of drug-likeness (QED) is 0.301. The maximum atomic E-state index is 13.7. The van der Waals surface area contributed by atoms with Crippen LogP contribution in [0.1, 0.15) is 24.5 Å². The van der Waals surface area contributed by atoms with Crippen LogP contribution >= 0.6 is 0 Å². The number of sulfonamides is 1. The van der Waals surface area contributed by atoms with E-state index in [0.29, 0.717) is 24.2 Å². The van der Waals surface area contributed by atoms with Crippen LogP contribution in [0.25, 0.3) is 22.7 Å². The summed E-state index contributed by atoms with van der Waals surface area (Å²) in [5.41, 5.74) is 1.01. The van der Waals surface area contributed by atoms with Crippen molar-refractivity contribution in [1.82, 2.24) is 9.55 Å². The lowest BCUT2D eigenvalue weighted by Crippen LogP contribution is -2.36. The van der Waals surface area contributed by atoms with E-state index in [-0.39, 0.29) is 28.1 Å². The van der Waals surface area contributed by atoms with Gasteiger partial charge in [0, 0.05) is 12.6 Å². The number of ether oxygens (including phenoxy) is 1. The summed E-state index contributed by atoms with van der Waals surface area (Å²) in [6, 6.07) is 18.0. The third-order valence-electron chi connectivity index (χ3n) is 6.38. The van der Waals surface area contributed by atoms with Crippen LogP contribution in [0.3, 0.4) is 0 Å². The molecule has 2 heterocycles. The first-order chi connectivity index (χ1) is 18.3. The lowest BCUT2D eigenvalue weighted by molar-refractivity contribution is -0.137. The highest BCUT2D eigenvalue weighted by Gasteiger charge is 2.29. The molecule has 0 unspecified atom stereocenters. The zero-order valence-electron chi connectivity index (χ0n) is 20.6. The van der Waals surface area contributed by atoms with Gasteiger partial charge in [-0.05, 0) is 67.3 Å². The molecule has 1 aromatic heterocycles. The molecule has 1 N–H and O–H groups in total. The molecule has 10 heteroatoms. The molecule has 0 spiro atoms. The highest BCUT2D eigenvalue weighted by molar-refractivity contribution is 7.92. The molecule has 1 aliphatic rings. The number of nitrogens with one attached hydrogen (secondary N) is 1. The molecule has 0 aliphatic carbocycles. The molecule has 3 aromatic carbocycles. The Bertz CT molecular complexity index is 1800. The zero-order valence-corrected chi connectivity index (χ0v) is 21.4. The first-order valence-corrected chi connectivity index (χ1v) is 13.6. The van der Waals surface area contributed by atoms with Crippen LogP contribution in [0.15, 0.2) is 87.3 Å². The van der Waals surface area contributed by atoms with E-state index < -0.39 is 27.2 Å². The fourth-order valence-corrected chi connectivity index (χ4v) is 6.25. The van der Waals surface area contributed by atoms with E-state index in [2.05, 4.69) is 4.98 Å². The van der Waals surface area contributed by atoms with Crippen LogP contribution in [0.2, 0.25) is 0 Å². The number of benzene rings is 3. The Morgan fingerprint density at radius 2 is 1.84 bits per heavy atom. The smallest absolute Gasteiger partial charge is 0.333 e. The highest BCUT2D eigenvalue weighted by Crippen LogP contribution is 2.32. The number of aromatic amines is 1. The number of nitrogens with zero attached hydrogens (tertiary/aromatic N) is 2. The predicted octanol–water partition coefficient (Wildman–Crippen LogP) is 3.40. The van der Waals surface area contributed by atoms with Gasteiger partial charge in [0.1, 0.15) is 0 Å². The fraction of sp³-hybridized carbons (Fsp3) is 0.179. The van der Waals surface area contributed by atoms with Crippen LogP contribution in [0.4, 0.5) is 5.69 Å². The number of rotatable bonds is 6. The summed E-state index contributed by atoms with van der Waals surface area (Å²) >= 11 is 0. The van der Waals surface area contributed by atoms with E-state index in [1.165, 1.54) is 40.7 Å². The van der Waals surface area contributed by atoms with E-state index in [4.69, 9.17) is 4.74 Å². The predicted molar refractivity (Wildman–Crippen MR) is 145 cm³/mol. The van der Waals surface area contributed by atoms with Gasteiger partial charge in [0.05, 0.1) is 33.8 Å². The standard InChI is InChI=1S/C28H25N3O6S/c1-2-37-25(32)16-15-20-9-5-13-23-26(20)27(33)31(28(34)29-23)21-11-6-12-22(18-21)38(35,36)30-17-7-10-19-8-3-4-14-24(19)30/h3-6,8-9,11-16,18H,2,7,10,17H2,1H3,(H,29,34)/b16-15+. The highest BCUT2D eigenvalue weighted by atomic mass is 32.2. The first kappa shape index (κ1) is 25.2.